The SMILES string of the molecule is Nc1ncnn2c(CN3CCOCC3)cc(-c3ccc(NC(=O)Nc4cccc(C(F)(F)F)c4F)cc3)c12. The van der Waals surface area contributed by atoms with Gasteiger partial charge < -0.3 is 21.1 Å². The largest absolute Gasteiger partial charge is 0.419 e. The number of carbonyl (C=O) groups is 1. The van der Waals surface area contributed by atoms with Gasteiger partial charge in [-0.25, -0.2) is 18.7 Å². The summed E-state index contributed by atoms with van der Waals surface area (Å²) in [4.78, 5) is 18.7. The molecule has 2 aromatic heterocycles. The Bertz CT molecular complexity index is 1470. The van der Waals surface area contributed by atoms with Crippen LogP contribution in [-0.2, 0) is 17.5 Å². The van der Waals surface area contributed by atoms with E-state index in [0.717, 1.165) is 42.0 Å². The number of nitrogens with zero attached hydrogens (tertiary/aromatic N) is 4. The predicted molar refractivity (Wildman–Crippen MR) is 133 cm³/mol. The summed E-state index contributed by atoms with van der Waals surface area (Å²) in [6.07, 6.45) is -3.48. The minimum atomic E-state index is -4.88. The monoisotopic (exact) mass is 529 g/mol. The number of halogens is 4. The van der Waals surface area contributed by atoms with Crippen molar-refractivity contribution in [3.63, 3.8) is 0 Å². The third-order valence-corrected chi connectivity index (χ3v) is 6.15. The lowest BCUT2D eigenvalue weighted by Gasteiger charge is -2.26. The molecule has 0 saturated carbocycles. The lowest BCUT2D eigenvalue weighted by molar-refractivity contribution is -0.139. The molecule has 2 aromatic carbocycles. The Morgan fingerprint density at radius 2 is 1.82 bits per heavy atom. The number of benzene rings is 2. The first-order chi connectivity index (χ1) is 18.2. The van der Waals surface area contributed by atoms with Crippen molar-refractivity contribution in [2.45, 2.75) is 12.7 Å². The number of hydrogen-bond acceptors (Lipinski definition) is 6. The van der Waals surface area contributed by atoms with E-state index < -0.39 is 29.3 Å². The van der Waals surface area contributed by atoms with Crippen LogP contribution in [0, 0.1) is 5.82 Å². The van der Waals surface area contributed by atoms with E-state index in [9.17, 15) is 22.4 Å². The molecule has 0 aliphatic carbocycles. The van der Waals surface area contributed by atoms with Gasteiger partial charge >= 0.3 is 12.2 Å². The summed E-state index contributed by atoms with van der Waals surface area (Å²) < 4.78 is 60.2. The van der Waals surface area contributed by atoms with Crippen molar-refractivity contribution in [3.05, 3.63) is 71.9 Å². The molecule has 2 amide bonds. The lowest BCUT2D eigenvalue weighted by atomic mass is 10.1. The summed E-state index contributed by atoms with van der Waals surface area (Å²) in [5, 5.41) is 8.99. The number of nitrogen functional groups attached to an aromatic ring is 1. The van der Waals surface area contributed by atoms with Gasteiger partial charge in [-0.15, -0.1) is 0 Å². The third kappa shape index (κ3) is 5.24. The smallest absolute Gasteiger partial charge is 0.382 e. The molecule has 4 N–H and O–H groups in total. The molecule has 1 fully saturated rings. The Kier molecular flexibility index (Phi) is 6.87. The van der Waals surface area contributed by atoms with Crippen molar-refractivity contribution in [1.82, 2.24) is 19.5 Å². The summed E-state index contributed by atoms with van der Waals surface area (Å²) in [6.45, 7) is 3.57. The lowest BCUT2D eigenvalue weighted by Crippen LogP contribution is -2.36. The minimum absolute atomic E-state index is 0.313. The third-order valence-electron chi connectivity index (χ3n) is 6.15. The van der Waals surface area contributed by atoms with Gasteiger partial charge in [-0.2, -0.15) is 18.3 Å². The Hall–Kier alpha value is -4.23. The molecular formula is C25H23F4N7O2. The van der Waals surface area contributed by atoms with E-state index in [0.29, 0.717) is 42.8 Å². The normalized spacial score (nSPS) is 14.5. The van der Waals surface area contributed by atoms with Crippen LogP contribution in [0.1, 0.15) is 11.3 Å². The maximum absolute atomic E-state index is 14.2. The maximum atomic E-state index is 14.2. The van der Waals surface area contributed by atoms with Gasteiger partial charge in [0.1, 0.15) is 11.8 Å². The molecule has 38 heavy (non-hydrogen) atoms. The Morgan fingerprint density at radius 3 is 2.53 bits per heavy atom. The first kappa shape index (κ1) is 25.4. The molecule has 5 rings (SSSR count). The van der Waals surface area contributed by atoms with Gasteiger partial charge in [0, 0.05) is 30.9 Å². The van der Waals surface area contributed by atoms with E-state index in [1.807, 2.05) is 6.07 Å². The second-order valence-corrected chi connectivity index (χ2v) is 8.66. The van der Waals surface area contributed by atoms with E-state index in [1.165, 1.54) is 6.33 Å². The van der Waals surface area contributed by atoms with Crippen molar-refractivity contribution in [2.24, 2.45) is 0 Å². The fraction of sp³-hybridized carbons (Fsp3) is 0.240. The van der Waals surface area contributed by atoms with E-state index in [-0.39, 0.29) is 0 Å². The number of aromatic nitrogens is 3. The molecular weight excluding hydrogens is 506 g/mol. The van der Waals surface area contributed by atoms with E-state index in [4.69, 9.17) is 10.5 Å². The fourth-order valence-electron chi connectivity index (χ4n) is 4.32. The number of fused-ring (bicyclic) bond motifs is 1. The van der Waals surface area contributed by atoms with E-state index in [2.05, 4.69) is 25.6 Å². The van der Waals surface area contributed by atoms with Crippen LogP contribution in [0.3, 0.4) is 0 Å². The number of amides is 2. The molecule has 0 radical (unpaired) electrons. The second-order valence-electron chi connectivity index (χ2n) is 8.66. The van der Waals surface area contributed by atoms with Crippen LogP contribution in [-0.4, -0.2) is 51.8 Å². The number of rotatable bonds is 5. The average molecular weight is 529 g/mol. The number of urea groups is 1. The summed E-state index contributed by atoms with van der Waals surface area (Å²) in [6, 6.07) is 10.5. The molecule has 13 heteroatoms. The highest BCUT2D eigenvalue weighted by Crippen LogP contribution is 2.34. The van der Waals surface area contributed by atoms with Crippen LogP contribution >= 0.6 is 0 Å². The van der Waals surface area contributed by atoms with Crippen LogP contribution in [0.25, 0.3) is 16.6 Å². The van der Waals surface area contributed by atoms with Gasteiger partial charge in [-0.05, 0) is 35.9 Å². The molecule has 0 atom stereocenters. The first-order valence-corrected chi connectivity index (χ1v) is 11.7. The molecule has 0 unspecified atom stereocenters. The summed E-state index contributed by atoms with van der Waals surface area (Å²) in [5.74, 6) is -1.24. The van der Waals surface area contributed by atoms with E-state index in [1.54, 1.807) is 28.8 Å². The molecule has 0 bridgehead atoms. The number of ether oxygens (including phenoxy) is 1. The summed E-state index contributed by atoms with van der Waals surface area (Å²) >= 11 is 0. The molecule has 1 aliphatic heterocycles. The molecule has 3 heterocycles. The first-order valence-electron chi connectivity index (χ1n) is 11.7. The Balaban J connectivity index is 1.34. The highest BCUT2D eigenvalue weighted by molar-refractivity contribution is 6.00. The molecule has 0 spiro atoms. The topological polar surface area (TPSA) is 110 Å². The second kappa shape index (κ2) is 10.3. The number of hydrogen-bond donors (Lipinski definition) is 3. The number of alkyl halides is 3. The standard InChI is InChI=1S/C25H23F4N7O2/c26-21-19(25(27,28)29)2-1-3-20(21)34-24(37)33-16-6-4-15(5-7-16)18-12-17(13-35-8-10-38-11-9-35)36-22(18)23(30)31-14-32-36/h1-7,12,14H,8-11,13H2,(H2,30,31,32)(H2,33,34,37). The molecule has 198 valence electrons. The number of morpholine rings is 1. The van der Waals surface area contributed by atoms with Gasteiger partial charge in [-0.1, -0.05) is 18.2 Å². The van der Waals surface area contributed by atoms with Crippen molar-refractivity contribution in [1.29, 1.82) is 0 Å². The van der Waals surface area contributed by atoms with Gasteiger partial charge in [0.2, 0.25) is 0 Å². The van der Waals surface area contributed by atoms with Crippen LogP contribution in [0.2, 0.25) is 0 Å². The number of nitrogens with two attached hydrogens (primary N) is 1. The quantitative estimate of drug-likeness (QED) is 0.326. The number of nitrogens with one attached hydrogen (secondary N) is 2. The average Bonchev–Trinajstić information content (AvgIpc) is 3.25. The summed E-state index contributed by atoms with van der Waals surface area (Å²) in [5.41, 5.74) is 7.64. The maximum Gasteiger partial charge on any atom is 0.419 e. The molecule has 9 nitrogen and oxygen atoms in total. The molecule has 1 saturated heterocycles. The van der Waals surface area contributed by atoms with Crippen LogP contribution in [0.4, 0.5) is 39.5 Å². The zero-order chi connectivity index (χ0) is 26.9. The zero-order valence-corrected chi connectivity index (χ0v) is 19.9. The van der Waals surface area contributed by atoms with Crippen LogP contribution < -0.4 is 16.4 Å². The fourth-order valence-corrected chi connectivity index (χ4v) is 4.32. The highest BCUT2D eigenvalue weighted by Gasteiger charge is 2.35. The van der Waals surface area contributed by atoms with Crippen LogP contribution in [0.5, 0.6) is 0 Å². The number of anilines is 3. The zero-order valence-electron chi connectivity index (χ0n) is 19.9. The summed E-state index contributed by atoms with van der Waals surface area (Å²) in [7, 11) is 0. The van der Waals surface area contributed by atoms with Gasteiger partial charge in [0.25, 0.3) is 0 Å². The minimum Gasteiger partial charge on any atom is -0.382 e. The van der Waals surface area contributed by atoms with E-state index >= 15 is 0 Å². The molecule has 4 aromatic rings. The van der Waals surface area contributed by atoms with Crippen molar-refractivity contribution in [2.75, 3.05) is 42.7 Å². The van der Waals surface area contributed by atoms with Gasteiger partial charge in [-0.3, -0.25) is 4.90 Å². The highest BCUT2D eigenvalue weighted by atomic mass is 19.4. The molecule has 1 aliphatic rings. The Labute approximate surface area is 214 Å². The van der Waals surface area contributed by atoms with Gasteiger partial charge in [0.05, 0.1) is 30.2 Å². The van der Waals surface area contributed by atoms with Crippen molar-refractivity contribution >= 4 is 28.7 Å². The van der Waals surface area contributed by atoms with Gasteiger partial charge in [0.15, 0.2) is 11.6 Å². The van der Waals surface area contributed by atoms with Crippen molar-refractivity contribution < 1.29 is 27.1 Å². The number of carbonyl (C=O) groups excluding carboxylic acids is 1. The van der Waals surface area contributed by atoms with Crippen molar-refractivity contribution in [3.8, 4) is 11.1 Å². The van der Waals surface area contributed by atoms with Crippen LogP contribution in [0.15, 0.2) is 54.9 Å². The predicted octanol–water partition coefficient (Wildman–Crippen LogP) is 4.61. The Morgan fingerprint density at radius 1 is 1.08 bits per heavy atom.